The molecule has 1 aliphatic carbocycles. The Balaban J connectivity index is 2.34. The summed E-state index contributed by atoms with van der Waals surface area (Å²) < 4.78 is 16.0. The summed E-state index contributed by atoms with van der Waals surface area (Å²) in [5.41, 5.74) is 3.21. The fourth-order valence-corrected chi connectivity index (χ4v) is 2.97. The SMILES string of the molecule is CCC(=O)OC1CC=C(C)CCC2=C(COC(C)=O)C(=O)OC2C=C1C. The molecule has 2 atom stereocenters. The zero-order valence-corrected chi connectivity index (χ0v) is 15.8. The second-order valence-corrected chi connectivity index (χ2v) is 6.64. The Morgan fingerprint density at radius 1 is 1.27 bits per heavy atom. The summed E-state index contributed by atoms with van der Waals surface area (Å²) >= 11 is 0. The summed E-state index contributed by atoms with van der Waals surface area (Å²) in [4.78, 5) is 35.1. The zero-order chi connectivity index (χ0) is 19.3. The molecule has 6 heteroatoms. The van der Waals surface area contributed by atoms with Gasteiger partial charge in [-0.2, -0.15) is 0 Å². The van der Waals surface area contributed by atoms with Gasteiger partial charge < -0.3 is 14.2 Å². The van der Waals surface area contributed by atoms with Gasteiger partial charge in [-0.3, -0.25) is 9.59 Å². The maximum atomic E-state index is 12.2. The number of ether oxygens (including phenoxy) is 3. The first-order valence-corrected chi connectivity index (χ1v) is 8.91. The molecule has 2 unspecified atom stereocenters. The standard InChI is InChI=1S/C20H26O6/c1-5-19(22)25-17-9-7-12(2)6-8-15-16(11-24-14(4)21)20(23)26-18(15)10-13(17)3/h7,10,17-18H,5-6,8-9,11H2,1-4H3. The Labute approximate surface area is 153 Å². The highest BCUT2D eigenvalue weighted by molar-refractivity contribution is 5.93. The van der Waals surface area contributed by atoms with E-state index in [1.54, 1.807) is 6.92 Å². The molecule has 0 aromatic rings. The van der Waals surface area contributed by atoms with Crippen LogP contribution in [-0.4, -0.2) is 36.7 Å². The minimum Gasteiger partial charge on any atom is -0.461 e. The van der Waals surface area contributed by atoms with Gasteiger partial charge in [-0.15, -0.1) is 0 Å². The Morgan fingerprint density at radius 3 is 2.65 bits per heavy atom. The molecular weight excluding hydrogens is 336 g/mol. The normalized spacial score (nSPS) is 23.5. The molecule has 0 spiro atoms. The van der Waals surface area contributed by atoms with Crippen molar-refractivity contribution in [1.29, 1.82) is 0 Å². The van der Waals surface area contributed by atoms with Crippen LogP contribution in [0.1, 0.15) is 53.4 Å². The van der Waals surface area contributed by atoms with Crippen LogP contribution in [0, 0.1) is 0 Å². The summed E-state index contributed by atoms with van der Waals surface area (Å²) in [7, 11) is 0. The maximum Gasteiger partial charge on any atom is 0.338 e. The van der Waals surface area contributed by atoms with Gasteiger partial charge in [0.05, 0.1) is 5.57 Å². The molecule has 2 aliphatic rings. The number of rotatable bonds is 4. The number of carbonyl (C=O) groups is 3. The van der Waals surface area contributed by atoms with E-state index in [-0.39, 0.29) is 18.7 Å². The van der Waals surface area contributed by atoms with Crippen molar-refractivity contribution in [2.75, 3.05) is 6.61 Å². The molecule has 0 amide bonds. The molecule has 0 fully saturated rings. The van der Waals surface area contributed by atoms with Crippen LogP contribution in [0.4, 0.5) is 0 Å². The van der Waals surface area contributed by atoms with Crippen molar-refractivity contribution in [1.82, 2.24) is 0 Å². The van der Waals surface area contributed by atoms with Crippen LogP contribution in [0.15, 0.2) is 34.4 Å². The van der Waals surface area contributed by atoms with Crippen LogP contribution < -0.4 is 0 Å². The molecule has 142 valence electrons. The highest BCUT2D eigenvalue weighted by Crippen LogP contribution is 2.32. The summed E-state index contributed by atoms with van der Waals surface area (Å²) in [6.45, 7) is 6.86. The summed E-state index contributed by atoms with van der Waals surface area (Å²) in [6, 6.07) is 0. The van der Waals surface area contributed by atoms with E-state index < -0.39 is 18.0 Å². The molecule has 1 aliphatic heterocycles. The van der Waals surface area contributed by atoms with Crippen molar-refractivity contribution < 1.29 is 28.6 Å². The molecule has 6 nitrogen and oxygen atoms in total. The van der Waals surface area contributed by atoms with Crippen LogP contribution >= 0.6 is 0 Å². The van der Waals surface area contributed by atoms with Crippen LogP contribution in [-0.2, 0) is 28.6 Å². The lowest BCUT2D eigenvalue weighted by molar-refractivity contribution is -0.147. The van der Waals surface area contributed by atoms with E-state index in [0.29, 0.717) is 24.8 Å². The second-order valence-electron chi connectivity index (χ2n) is 6.64. The molecule has 0 bridgehead atoms. The third-order valence-corrected chi connectivity index (χ3v) is 4.58. The van der Waals surface area contributed by atoms with Crippen molar-refractivity contribution in [3.8, 4) is 0 Å². The van der Waals surface area contributed by atoms with E-state index in [1.807, 2.05) is 19.9 Å². The number of allylic oxidation sites excluding steroid dienone is 1. The first-order valence-electron chi connectivity index (χ1n) is 8.91. The van der Waals surface area contributed by atoms with Gasteiger partial charge in [-0.05, 0) is 43.9 Å². The number of fused-ring (bicyclic) bond motifs is 1. The monoisotopic (exact) mass is 362 g/mol. The lowest BCUT2D eigenvalue weighted by Gasteiger charge is -2.21. The van der Waals surface area contributed by atoms with E-state index in [4.69, 9.17) is 14.2 Å². The lowest BCUT2D eigenvalue weighted by Crippen LogP contribution is -2.21. The number of esters is 3. The predicted molar refractivity (Wildman–Crippen MR) is 95.1 cm³/mol. The molecule has 0 aromatic heterocycles. The van der Waals surface area contributed by atoms with E-state index in [0.717, 1.165) is 23.1 Å². The van der Waals surface area contributed by atoms with Gasteiger partial charge in [-0.1, -0.05) is 18.6 Å². The van der Waals surface area contributed by atoms with E-state index >= 15 is 0 Å². The van der Waals surface area contributed by atoms with Gasteiger partial charge in [0.2, 0.25) is 0 Å². The minimum atomic E-state index is -0.512. The van der Waals surface area contributed by atoms with E-state index in [1.165, 1.54) is 6.92 Å². The summed E-state index contributed by atoms with van der Waals surface area (Å²) in [6.07, 6.45) is 5.31. The molecule has 0 saturated heterocycles. The van der Waals surface area contributed by atoms with Crippen LogP contribution in [0.3, 0.4) is 0 Å². The highest BCUT2D eigenvalue weighted by atomic mass is 16.6. The third kappa shape index (κ3) is 5.07. The van der Waals surface area contributed by atoms with Crippen molar-refractivity contribution in [3.63, 3.8) is 0 Å². The maximum absolute atomic E-state index is 12.2. The molecule has 0 saturated carbocycles. The molecule has 0 radical (unpaired) electrons. The van der Waals surface area contributed by atoms with E-state index in [9.17, 15) is 14.4 Å². The molecule has 0 N–H and O–H groups in total. The topological polar surface area (TPSA) is 78.9 Å². The lowest BCUT2D eigenvalue weighted by atomic mass is 9.93. The molecule has 1 heterocycles. The molecule has 26 heavy (non-hydrogen) atoms. The van der Waals surface area contributed by atoms with Crippen LogP contribution in [0.5, 0.6) is 0 Å². The van der Waals surface area contributed by atoms with Gasteiger partial charge in [0, 0.05) is 19.8 Å². The van der Waals surface area contributed by atoms with Crippen LogP contribution in [0.25, 0.3) is 0 Å². The quantitative estimate of drug-likeness (QED) is 0.434. The largest absolute Gasteiger partial charge is 0.461 e. The van der Waals surface area contributed by atoms with Crippen LogP contribution in [0.2, 0.25) is 0 Å². The summed E-state index contributed by atoms with van der Waals surface area (Å²) in [5.74, 6) is -1.16. The van der Waals surface area contributed by atoms with Gasteiger partial charge >= 0.3 is 17.9 Å². The van der Waals surface area contributed by atoms with E-state index in [2.05, 4.69) is 6.08 Å². The molecule has 2 rings (SSSR count). The minimum absolute atomic E-state index is 0.0795. The first kappa shape index (κ1) is 19.9. The number of hydrogen-bond acceptors (Lipinski definition) is 6. The Kier molecular flexibility index (Phi) is 6.77. The van der Waals surface area contributed by atoms with Crippen molar-refractivity contribution in [2.45, 2.75) is 65.6 Å². The average molecular weight is 362 g/mol. The first-order chi connectivity index (χ1) is 12.3. The van der Waals surface area contributed by atoms with Gasteiger partial charge in [0.1, 0.15) is 18.8 Å². The summed E-state index contributed by atoms with van der Waals surface area (Å²) in [5, 5.41) is 0. The molecular formula is C20H26O6. The smallest absolute Gasteiger partial charge is 0.338 e. The van der Waals surface area contributed by atoms with Crippen molar-refractivity contribution >= 4 is 17.9 Å². The predicted octanol–water partition coefficient (Wildman–Crippen LogP) is 3.17. The average Bonchev–Trinajstić information content (AvgIpc) is 2.88. The zero-order valence-electron chi connectivity index (χ0n) is 15.8. The highest BCUT2D eigenvalue weighted by Gasteiger charge is 2.34. The van der Waals surface area contributed by atoms with Gasteiger partial charge in [0.15, 0.2) is 0 Å². The fraction of sp³-hybridized carbons (Fsp3) is 0.550. The Bertz CT molecular complexity index is 682. The Hall–Kier alpha value is -2.37. The molecule has 0 aromatic carbocycles. The van der Waals surface area contributed by atoms with Gasteiger partial charge in [-0.25, -0.2) is 4.79 Å². The van der Waals surface area contributed by atoms with Crippen molar-refractivity contribution in [3.05, 3.63) is 34.4 Å². The Morgan fingerprint density at radius 2 is 2.00 bits per heavy atom. The number of carbonyl (C=O) groups excluding carboxylic acids is 3. The third-order valence-electron chi connectivity index (χ3n) is 4.58. The van der Waals surface area contributed by atoms with Crippen molar-refractivity contribution in [2.24, 2.45) is 0 Å². The fourth-order valence-electron chi connectivity index (χ4n) is 2.97. The van der Waals surface area contributed by atoms with Gasteiger partial charge in [0.25, 0.3) is 0 Å². The number of hydrogen-bond donors (Lipinski definition) is 0. The second kappa shape index (κ2) is 8.83.